The second-order valence-corrected chi connectivity index (χ2v) is 9.74. The Balaban J connectivity index is 1.37. The Bertz CT molecular complexity index is 1530. The number of carboxylic acid groups (broad SMARTS) is 1. The maximum atomic E-state index is 11.8. The summed E-state index contributed by atoms with van der Waals surface area (Å²) in [4.78, 5) is 29.0. The number of ether oxygens (including phenoxy) is 2. The lowest BCUT2D eigenvalue weighted by Crippen LogP contribution is -2.48. The third-order valence-electron chi connectivity index (χ3n) is 6.85. The molecule has 0 radical (unpaired) electrons. The molecule has 5 rings (SSSR count). The molecule has 5 atom stereocenters. The summed E-state index contributed by atoms with van der Waals surface area (Å²) in [5.74, 6) is 1.01. The van der Waals surface area contributed by atoms with Crippen LogP contribution in [0.5, 0.6) is 0 Å². The fourth-order valence-electron chi connectivity index (χ4n) is 4.68. The number of pyridine rings is 1. The second kappa shape index (κ2) is 11.7. The van der Waals surface area contributed by atoms with Crippen LogP contribution in [0.3, 0.4) is 0 Å². The minimum Gasteiger partial charge on any atom is -0.479 e. The number of benzene rings is 1. The number of hydrogen-bond acceptors (Lipinski definition) is 9. The van der Waals surface area contributed by atoms with Crippen LogP contribution in [-0.2, 0) is 33.5 Å². The third-order valence-corrected chi connectivity index (χ3v) is 7.02. The summed E-state index contributed by atoms with van der Waals surface area (Å²) in [7, 11) is 0. The summed E-state index contributed by atoms with van der Waals surface area (Å²) < 4.78 is 13.0. The molecule has 1 saturated heterocycles. The average molecular weight is 564 g/mol. The van der Waals surface area contributed by atoms with Crippen LogP contribution in [0.4, 0.5) is 0 Å². The van der Waals surface area contributed by atoms with Crippen LogP contribution < -0.4 is 0 Å². The van der Waals surface area contributed by atoms with E-state index in [-0.39, 0.29) is 17.4 Å². The highest BCUT2D eigenvalue weighted by atomic mass is 35.5. The Labute approximate surface area is 234 Å². The number of imidazole rings is 1. The number of hydrogen-bond donors (Lipinski definition) is 3. The molecule has 4 heterocycles. The predicted molar refractivity (Wildman–Crippen MR) is 143 cm³/mol. The lowest BCUT2D eigenvalue weighted by Gasteiger charge is -2.26. The smallest absolute Gasteiger partial charge is 0.333 e. The molecule has 1 aliphatic heterocycles. The van der Waals surface area contributed by atoms with Crippen LogP contribution in [0, 0.1) is 12.3 Å². The lowest BCUT2D eigenvalue weighted by molar-refractivity contribution is -0.156. The van der Waals surface area contributed by atoms with Crippen molar-refractivity contribution in [1.29, 1.82) is 0 Å². The number of aromatic nitrogens is 5. The van der Waals surface area contributed by atoms with Gasteiger partial charge in [0.15, 0.2) is 23.6 Å². The van der Waals surface area contributed by atoms with Gasteiger partial charge in [-0.15, -0.1) is 6.42 Å². The van der Waals surface area contributed by atoms with Gasteiger partial charge in [0.05, 0.1) is 18.6 Å². The van der Waals surface area contributed by atoms with Crippen LogP contribution in [-0.4, -0.2) is 76.3 Å². The Hall–Kier alpha value is -3.92. The Morgan fingerprint density at radius 3 is 2.67 bits per heavy atom. The Morgan fingerprint density at radius 2 is 1.98 bits per heavy atom. The van der Waals surface area contributed by atoms with Crippen molar-refractivity contribution in [1.82, 2.24) is 24.5 Å². The molecule has 0 aliphatic carbocycles. The molecular weight excluding hydrogens is 538 g/mol. The number of terminal acetylenes is 1. The van der Waals surface area contributed by atoms with Gasteiger partial charge < -0.3 is 24.8 Å². The summed E-state index contributed by atoms with van der Waals surface area (Å²) in [6.07, 6.45) is 6.38. The molecule has 4 aromatic rings. The number of nitrogens with zero attached hydrogens (tertiary/aromatic N) is 5. The van der Waals surface area contributed by atoms with Crippen LogP contribution in [0.25, 0.3) is 11.2 Å². The number of aliphatic hydroxyl groups is 2. The van der Waals surface area contributed by atoms with Crippen molar-refractivity contribution >= 4 is 28.7 Å². The van der Waals surface area contributed by atoms with E-state index in [1.165, 1.54) is 10.9 Å². The summed E-state index contributed by atoms with van der Waals surface area (Å²) in [5, 5.41) is 31.9. The summed E-state index contributed by atoms with van der Waals surface area (Å²) in [6, 6.07) is 12.8. The molecule has 1 unspecified atom stereocenters. The van der Waals surface area contributed by atoms with Crippen LogP contribution in [0.1, 0.15) is 23.0 Å². The summed E-state index contributed by atoms with van der Waals surface area (Å²) in [6.45, 7) is -0.392. The van der Waals surface area contributed by atoms with Gasteiger partial charge in [-0.05, 0) is 41.6 Å². The first-order valence-corrected chi connectivity index (χ1v) is 12.9. The van der Waals surface area contributed by atoms with Crippen molar-refractivity contribution in [2.75, 3.05) is 6.61 Å². The molecule has 40 heavy (non-hydrogen) atoms. The number of rotatable bonds is 10. The summed E-state index contributed by atoms with van der Waals surface area (Å²) in [5.41, 5.74) is 0.890. The molecule has 206 valence electrons. The highest BCUT2D eigenvalue weighted by Gasteiger charge is 2.56. The molecule has 0 spiro atoms. The molecule has 1 fully saturated rings. The van der Waals surface area contributed by atoms with E-state index in [9.17, 15) is 20.1 Å². The van der Waals surface area contributed by atoms with Gasteiger partial charge in [-0.25, -0.2) is 14.8 Å². The van der Waals surface area contributed by atoms with Crippen molar-refractivity contribution in [3.8, 4) is 12.3 Å². The third kappa shape index (κ3) is 5.54. The van der Waals surface area contributed by atoms with Gasteiger partial charge in [0.25, 0.3) is 0 Å². The van der Waals surface area contributed by atoms with Gasteiger partial charge in [0, 0.05) is 18.8 Å². The van der Waals surface area contributed by atoms with Crippen LogP contribution in [0.15, 0.2) is 61.2 Å². The van der Waals surface area contributed by atoms with Gasteiger partial charge in [0.1, 0.15) is 17.7 Å². The number of aryl methyl sites for hydroxylation is 2. The van der Waals surface area contributed by atoms with Gasteiger partial charge >= 0.3 is 5.97 Å². The number of aliphatic hydroxyl groups excluding tert-OH is 1. The fraction of sp³-hybridized carbons (Fsp3) is 0.321. The predicted octanol–water partition coefficient (Wildman–Crippen LogP) is 1.99. The first kappa shape index (κ1) is 27.6. The van der Waals surface area contributed by atoms with E-state index in [0.29, 0.717) is 24.1 Å². The van der Waals surface area contributed by atoms with Crippen molar-refractivity contribution < 1.29 is 29.6 Å². The summed E-state index contributed by atoms with van der Waals surface area (Å²) >= 11 is 6.23. The van der Waals surface area contributed by atoms with E-state index >= 15 is 0 Å². The lowest BCUT2D eigenvalue weighted by atomic mass is 9.93. The van der Waals surface area contributed by atoms with Crippen LogP contribution in [0.2, 0.25) is 5.28 Å². The zero-order valence-electron chi connectivity index (χ0n) is 21.2. The maximum absolute atomic E-state index is 11.8. The Kier molecular flexibility index (Phi) is 8.07. The Morgan fingerprint density at radius 1 is 1.20 bits per heavy atom. The van der Waals surface area contributed by atoms with Crippen molar-refractivity contribution in [2.45, 2.75) is 49.4 Å². The van der Waals surface area contributed by atoms with E-state index in [0.717, 1.165) is 11.1 Å². The number of fused-ring (bicyclic) bond motifs is 1. The normalized spacial score (nSPS) is 23.2. The molecule has 12 heteroatoms. The van der Waals surface area contributed by atoms with Gasteiger partial charge in [0.2, 0.25) is 5.28 Å². The minimum atomic E-state index is -2.18. The number of carboxylic acids is 1. The standard InChI is InChI=1S/C28H26ClN5O6/c1-2-28(38)21(15-39-20(26(36)37)13-17-7-4-3-5-8-17)40-25(23(28)35)34-16-31-22-19(32-27(29)33-24(22)34)11-10-18-9-6-12-30-14-18/h1,3-9,12,14,16,20-21,23,25,35,38H,10-11,13,15H2,(H,36,37)/t20?,21-,23+,25-,28-/m1/s1. The van der Waals surface area contributed by atoms with Crippen LogP contribution >= 0.6 is 11.6 Å². The zero-order valence-corrected chi connectivity index (χ0v) is 21.9. The second-order valence-electron chi connectivity index (χ2n) is 9.40. The molecule has 0 amide bonds. The quantitative estimate of drug-likeness (QED) is 0.193. The molecule has 0 bridgehead atoms. The van der Waals surface area contributed by atoms with Gasteiger partial charge in [-0.3, -0.25) is 9.55 Å². The van der Waals surface area contributed by atoms with E-state index in [1.54, 1.807) is 36.7 Å². The first-order chi connectivity index (χ1) is 19.3. The molecule has 0 saturated carbocycles. The zero-order chi connectivity index (χ0) is 28.3. The topological polar surface area (TPSA) is 153 Å². The van der Waals surface area contributed by atoms with Gasteiger partial charge in [-0.2, -0.15) is 4.98 Å². The van der Waals surface area contributed by atoms with E-state index in [1.807, 2.05) is 18.2 Å². The molecule has 1 aliphatic rings. The highest BCUT2D eigenvalue weighted by Crippen LogP contribution is 2.39. The SMILES string of the molecule is C#C[C@@]1(O)[C@@H](COC(Cc2ccccc2)C(=O)O)O[C@@H](n2cnc3c(CCc4cccnc4)nc(Cl)nc32)[C@@H]1O. The molecule has 11 nitrogen and oxygen atoms in total. The van der Waals surface area contributed by atoms with Crippen molar-refractivity contribution in [3.63, 3.8) is 0 Å². The molecule has 3 aromatic heterocycles. The molecule has 3 N–H and O–H groups in total. The number of carbonyl (C=O) groups is 1. The van der Waals surface area contributed by atoms with E-state index in [4.69, 9.17) is 27.5 Å². The monoisotopic (exact) mass is 563 g/mol. The largest absolute Gasteiger partial charge is 0.479 e. The maximum Gasteiger partial charge on any atom is 0.333 e. The van der Waals surface area contributed by atoms with Gasteiger partial charge in [-0.1, -0.05) is 42.3 Å². The average Bonchev–Trinajstić information content (AvgIpc) is 3.49. The van der Waals surface area contributed by atoms with Crippen molar-refractivity contribution in [3.05, 3.63) is 83.3 Å². The van der Waals surface area contributed by atoms with E-state index in [2.05, 4.69) is 25.9 Å². The van der Waals surface area contributed by atoms with Crippen molar-refractivity contribution in [2.24, 2.45) is 0 Å². The highest BCUT2D eigenvalue weighted by molar-refractivity contribution is 6.28. The molecular formula is C28H26ClN5O6. The number of aliphatic carboxylic acids is 1. The first-order valence-electron chi connectivity index (χ1n) is 12.5. The fourth-order valence-corrected chi connectivity index (χ4v) is 4.86. The van der Waals surface area contributed by atoms with E-state index < -0.39 is 42.7 Å². The minimum absolute atomic E-state index is 0.0276. The number of halogens is 1. The molecule has 1 aromatic carbocycles.